The summed E-state index contributed by atoms with van der Waals surface area (Å²) in [6.45, 7) is 0. The number of H-pyrrole nitrogens is 2. The normalized spacial score (nSPS) is 10.4. The van der Waals surface area contributed by atoms with Gasteiger partial charge in [0.2, 0.25) is 5.78 Å². The molecule has 0 radical (unpaired) electrons. The minimum Gasteiger partial charge on any atom is -0.305 e. The Bertz CT molecular complexity index is 786. The zero-order chi connectivity index (χ0) is 13.9. The van der Waals surface area contributed by atoms with Crippen molar-refractivity contribution < 1.29 is 4.79 Å². The molecule has 1 heterocycles. The Morgan fingerprint density at radius 1 is 0.800 bits per heavy atom. The van der Waals surface area contributed by atoms with E-state index in [0.717, 1.165) is 5.56 Å². The Balaban J connectivity index is 2.12. The quantitative estimate of drug-likeness (QED) is 0.714. The van der Waals surface area contributed by atoms with Crippen molar-refractivity contribution in [2.24, 2.45) is 0 Å². The second-order valence-corrected chi connectivity index (χ2v) is 4.39. The van der Waals surface area contributed by atoms with Crippen LogP contribution in [0.2, 0.25) is 0 Å². The number of hydrogen-bond donors (Lipinski definition) is 2. The minimum absolute atomic E-state index is 0.206. The van der Waals surface area contributed by atoms with E-state index in [-0.39, 0.29) is 17.2 Å². The highest BCUT2D eigenvalue weighted by Gasteiger charge is 2.17. The number of aromatic nitrogens is 2. The van der Waals surface area contributed by atoms with Crippen molar-refractivity contribution >= 4 is 5.78 Å². The maximum absolute atomic E-state index is 12.5. The topological polar surface area (TPSA) is 65.7 Å². The maximum Gasteiger partial charge on any atom is 0.323 e. The monoisotopic (exact) mass is 264 g/mol. The molecule has 2 N–H and O–H groups in total. The number of aromatic amines is 2. The molecular weight excluding hydrogens is 252 g/mol. The standard InChI is InChI=1S/C16H12N2O2/c19-15(12-9-5-2-6-10-12)14-13(17-16(20)18-14)11-7-3-1-4-8-11/h1-10H,(H2,17,18,20). The molecule has 4 heteroatoms. The Morgan fingerprint density at radius 3 is 2.05 bits per heavy atom. The summed E-state index contributed by atoms with van der Waals surface area (Å²) in [5.74, 6) is -0.206. The van der Waals surface area contributed by atoms with Gasteiger partial charge in [-0.05, 0) is 0 Å². The summed E-state index contributed by atoms with van der Waals surface area (Å²) < 4.78 is 0. The molecule has 3 aromatic rings. The summed E-state index contributed by atoms with van der Waals surface area (Å²) in [4.78, 5) is 29.3. The molecule has 3 rings (SSSR count). The molecule has 4 nitrogen and oxygen atoms in total. The summed E-state index contributed by atoms with van der Waals surface area (Å²) in [7, 11) is 0. The molecule has 0 fully saturated rings. The van der Waals surface area contributed by atoms with E-state index < -0.39 is 0 Å². The van der Waals surface area contributed by atoms with Crippen molar-refractivity contribution in [1.82, 2.24) is 9.97 Å². The molecule has 20 heavy (non-hydrogen) atoms. The first kappa shape index (κ1) is 12.2. The van der Waals surface area contributed by atoms with Crippen LogP contribution < -0.4 is 5.69 Å². The molecule has 0 spiro atoms. The largest absolute Gasteiger partial charge is 0.323 e. The van der Waals surface area contributed by atoms with Crippen LogP contribution in [0.5, 0.6) is 0 Å². The maximum atomic E-state index is 12.5. The van der Waals surface area contributed by atoms with E-state index in [0.29, 0.717) is 11.3 Å². The van der Waals surface area contributed by atoms with Crippen LogP contribution in [-0.4, -0.2) is 15.8 Å². The lowest BCUT2D eigenvalue weighted by atomic mass is 10.0. The van der Waals surface area contributed by atoms with Crippen molar-refractivity contribution in [3.05, 3.63) is 82.4 Å². The van der Waals surface area contributed by atoms with Gasteiger partial charge in [0.15, 0.2) is 0 Å². The van der Waals surface area contributed by atoms with Crippen LogP contribution in [0.25, 0.3) is 11.3 Å². The lowest BCUT2D eigenvalue weighted by Gasteiger charge is -2.02. The molecule has 0 atom stereocenters. The molecule has 0 amide bonds. The van der Waals surface area contributed by atoms with Crippen molar-refractivity contribution in [2.45, 2.75) is 0 Å². The highest BCUT2D eigenvalue weighted by molar-refractivity contribution is 6.10. The SMILES string of the molecule is O=C(c1ccccc1)c1[nH]c(=O)[nH]c1-c1ccccc1. The minimum atomic E-state index is -0.386. The smallest absolute Gasteiger partial charge is 0.305 e. The number of benzene rings is 2. The predicted octanol–water partition coefficient (Wildman–Crippen LogP) is 2.60. The molecule has 0 saturated heterocycles. The molecule has 0 aliphatic carbocycles. The Hall–Kier alpha value is -2.88. The van der Waals surface area contributed by atoms with E-state index in [1.165, 1.54) is 0 Å². The first-order valence-corrected chi connectivity index (χ1v) is 6.23. The highest BCUT2D eigenvalue weighted by atomic mass is 16.1. The molecule has 0 aliphatic rings. The van der Waals surface area contributed by atoms with Crippen LogP contribution in [-0.2, 0) is 0 Å². The average molecular weight is 264 g/mol. The highest BCUT2D eigenvalue weighted by Crippen LogP contribution is 2.20. The van der Waals surface area contributed by atoms with Gasteiger partial charge in [0.25, 0.3) is 0 Å². The van der Waals surface area contributed by atoms with E-state index in [1.54, 1.807) is 24.3 Å². The molecule has 2 aromatic carbocycles. The van der Waals surface area contributed by atoms with Crippen LogP contribution in [0.15, 0.2) is 65.5 Å². The zero-order valence-corrected chi connectivity index (χ0v) is 10.6. The molecular formula is C16H12N2O2. The van der Waals surface area contributed by atoms with E-state index in [2.05, 4.69) is 9.97 Å². The van der Waals surface area contributed by atoms with Crippen molar-refractivity contribution in [3.8, 4) is 11.3 Å². The van der Waals surface area contributed by atoms with Crippen LogP contribution >= 0.6 is 0 Å². The summed E-state index contributed by atoms with van der Waals surface area (Å²) in [5, 5.41) is 0. The molecule has 0 saturated carbocycles. The number of carbonyl (C=O) groups is 1. The van der Waals surface area contributed by atoms with E-state index in [9.17, 15) is 9.59 Å². The summed E-state index contributed by atoms with van der Waals surface area (Å²) in [6, 6.07) is 18.2. The van der Waals surface area contributed by atoms with E-state index >= 15 is 0 Å². The number of imidazole rings is 1. The first-order chi connectivity index (χ1) is 9.75. The summed E-state index contributed by atoms with van der Waals surface area (Å²) >= 11 is 0. The first-order valence-electron chi connectivity index (χ1n) is 6.23. The Kier molecular flexibility index (Phi) is 3.05. The number of carbonyl (C=O) groups excluding carboxylic acids is 1. The number of ketones is 1. The number of nitrogens with one attached hydrogen (secondary N) is 2. The Labute approximate surface area is 115 Å². The zero-order valence-electron chi connectivity index (χ0n) is 10.6. The van der Waals surface area contributed by atoms with Gasteiger partial charge in [0, 0.05) is 11.1 Å². The fourth-order valence-electron chi connectivity index (χ4n) is 2.11. The van der Waals surface area contributed by atoms with Gasteiger partial charge in [-0.15, -0.1) is 0 Å². The van der Waals surface area contributed by atoms with Crippen molar-refractivity contribution in [3.63, 3.8) is 0 Å². The third-order valence-electron chi connectivity index (χ3n) is 3.05. The van der Waals surface area contributed by atoms with Gasteiger partial charge in [-0.3, -0.25) is 4.79 Å². The third-order valence-corrected chi connectivity index (χ3v) is 3.05. The van der Waals surface area contributed by atoms with Gasteiger partial charge in [-0.25, -0.2) is 4.79 Å². The molecule has 0 aliphatic heterocycles. The van der Waals surface area contributed by atoms with Gasteiger partial charge in [0.1, 0.15) is 5.69 Å². The Morgan fingerprint density at radius 2 is 1.40 bits per heavy atom. The van der Waals surface area contributed by atoms with Gasteiger partial charge in [0.05, 0.1) is 5.69 Å². The van der Waals surface area contributed by atoms with Gasteiger partial charge >= 0.3 is 5.69 Å². The fourth-order valence-corrected chi connectivity index (χ4v) is 2.11. The van der Waals surface area contributed by atoms with Crippen LogP contribution in [0.3, 0.4) is 0 Å². The lowest BCUT2D eigenvalue weighted by molar-refractivity contribution is 0.103. The number of rotatable bonds is 3. The molecule has 0 unspecified atom stereocenters. The average Bonchev–Trinajstić information content (AvgIpc) is 2.90. The molecule has 0 bridgehead atoms. The van der Waals surface area contributed by atoms with E-state index in [1.807, 2.05) is 36.4 Å². The van der Waals surface area contributed by atoms with Gasteiger partial charge in [-0.1, -0.05) is 60.7 Å². The van der Waals surface area contributed by atoms with Gasteiger partial charge < -0.3 is 9.97 Å². The van der Waals surface area contributed by atoms with Crippen LogP contribution in [0.1, 0.15) is 16.1 Å². The third kappa shape index (κ3) is 2.19. The summed E-state index contributed by atoms with van der Waals surface area (Å²) in [5.41, 5.74) is 1.75. The van der Waals surface area contributed by atoms with Gasteiger partial charge in [-0.2, -0.15) is 0 Å². The second kappa shape index (κ2) is 5.01. The van der Waals surface area contributed by atoms with Crippen molar-refractivity contribution in [2.75, 3.05) is 0 Å². The van der Waals surface area contributed by atoms with Crippen LogP contribution in [0.4, 0.5) is 0 Å². The number of hydrogen-bond acceptors (Lipinski definition) is 2. The predicted molar refractivity (Wildman–Crippen MR) is 76.7 cm³/mol. The fraction of sp³-hybridized carbons (Fsp3) is 0. The molecule has 1 aromatic heterocycles. The van der Waals surface area contributed by atoms with Crippen LogP contribution in [0, 0.1) is 0 Å². The lowest BCUT2D eigenvalue weighted by Crippen LogP contribution is -2.06. The summed E-state index contributed by atoms with van der Waals surface area (Å²) in [6.07, 6.45) is 0. The second-order valence-electron chi connectivity index (χ2n) is 4.39. The van der Waals surface area contributed by atoms with E-state index in [4.69, 9.17) is 0 Å². The molecule has 98 valence electrons. The van der Waals surface area contributed by atoms with Crippen molar-refractivity contribution in [1.29, 1.82) is 0 Å².